The predicted molar refractivity (Wildman–Crippen MR) is 69.7 cm³/mol. The third-order valence-corrected chi connectivity index (χ3v) is 2.75. The van der Waals surface area contributed by atoms with E-state index < -0.39 is 0 Å². The first kappa shape index (κ1) is 11.9. The van der Waals surface area contributed by atoms with Crippen molar-refractivity contribution in [3.63, 3.8) is 0 Å². The van der Waals surface area contributed by atoms with Crippen LogP contribution in [0.15, 0.2) is 42.7 Å². The molecule has 0 atom stereocenters. The summed E-state index contributed by atoms with van der Waals surface area (Å²) in [5.41, 5.74) is 2.65. The zero-order chi connectivity index (χ0) is 11.9. The number of hydrogen-bond donors (Lipinski definition) is 1. The molecule has 0 saturated carbocycles. The van der Waals surface area contributed by atoms with Gasteiger partial charge in [-0.3, -0.25) is 4.68 Å². The van der Waals surface area contributed by atoms with Crippen molar-refractivity contribution < 1.29 is 0 Å². The molecule has 0 aliphatic heterocycles. The van der Waals surface area contributed by atoms with Crippen LogP contribution in [0.25, 0.3) is 0 Å². The van der Waals surface area contributed by atoms with Gasteiger partial charge >= 0.3 is 0 Å². The minimum atomic E-state index is 0.944. The standard InChI is InChI=1S/C14H19N3/c1-13-4-6-14(7-5-13)12-15-8-2-10-17-11-3-9-16-17/h3-7,9,11,15H,2,8,10,12H2,1H3. The lowest BCUT2D eigenvalue weighted by Gasteiger charge is -2.05. The van der Waals surface area contributed by atoms with Crippen molar-refractivity contribution in [2.24, 2.45) is 0 Å². The number of aromatic nitrogens is 2. The number of nitrogens with one attached hydrogen (secondary N) is 1. The van der Waals surface area contributed by atoms with Gasteiger partial charge in [-0.2, -0.15) is 5.10 Å². The third kappa shape index (κ3) is 4.04. The Bertz CT molecular complexity index is 417. The number of hydrogen-bond acceptors (Lipinski definition) is 2. The second-order valence-corrected chi connectivity index (χ2v) is 4.29. The van der Waals surface area contributed by atoms with Crippen molar-refractivity contribution >= 4 is 0 Å². The number of rotatable bonds is 6. The van der Waals surface area contributed by atoms with Gasteiger partial charge in [-0.15, -0.1) is 0 Å². The molecule has 0 fully saturated rings. The highest BCUT2D eigenvalue weighted by Crippen LogP contribution is 2.02. The van der Waals surface area contributed by atoms with Crippen molar-refractivity contribution in [1.82, 2.24) is 15.1 Å². The second-order valence-electron chi connectivity index (χ2n) is 4.29. The second kappa shape index (κ2) is 6.21. The van der Waals surface area contributed by atoms with Gasteiger partial charge in [0.2, 0.25) is 0 Å². The molecule has 0 radical (unpaired) electrons. The fourth-order valence-corrected chi connectivity index (χ4v) is 1.74. The molecule has 0 unspecified atom stereocenters. The maximum atomic E-state index is 4.17. The molecule has 1 N–H and O–H groups in total. The maximum Gasteiger partial charge on any atom is 0.0489 e. The highest BCUT2D eigenvalue weighted by Gasteiger charge is 1.93. The highest BCUT2D eigenvalue weighted by molar-refractivity contribution is 5.20. The summed E-state index contributed by atoms with van der Waals surface area (Å²) >= 11 is 0. The van der Waals surface area contributed by atoms with Gasteiger partial charge in [0.15, 0.2) is 0 Å². The normalized spacial score (nSPS) is 10.6. The average Bonchev–Trinajstić information content (AvgIpc) is 2.84. The quantitative estimate of drug-likeness (QED) is 0.771. The van der Waals surface area contributed by atoms with Crippen LogP contribution in [0.4, 0.5) is 0 Å². The van der Waals surface area contributed by atoms with Crippen LogP contribution in [-0.4, -0.2) is 16.3 Å². The van der Waals surface area contributed by atoms with E-state index in [0.29, 0.717) is 0 Å². The van der Waals surface area contributed by atoms with E-state index in [2.05, 4.69) is 41.6 Å². The number of aryl methyl sites for hydroxylation is 2. The molecule has 0 bridgehead atoms. The summed E-state index contributed by atoms with van der Waals surface area (Å²) in [6, 6.07) is 10.6. The Morgan fingerprint density at radius 1 is 1.24 bits per heavy atom. The fraction of sp³-hybridized carbons (Fsp3) is 0.357. The number of benzene rings is 1. The molecule has 0 spiro atoms. The summed E-state index contributed by atoms with van der Waals surface area (Å²) in [4.78, 5) is 0. The van der Waals surface area contributed by atoms with E-state index in [4.69, 9.17) is 0 Å². The summed E-state index contributed by atoms with van der Waals surface area (Å²) < 4.78 is 1.97. The van der Waals surface area contributed by atoms with E-state index in [1.54, 1.807) is 0 Å². The molecule has 0 saturated heterocycles. The smallest absolute Gasteiger partial charge is 0.0489 e. The lowest BCUT2D eigenvalue weighted by molar-refractivity contribution is 0.543. The molecule has 90 valence electrons. The zero-order valence-electron chi connectivity index (χ0n) is 10.3. The Morgan fingerprint density at radius 2 is 2.06 bits per heavy atom. The Labute approximate surface area is 102 Å². The van der Waals surface area contributed by atoms with E-state index >= 15 is 0 Å². The Hall–Kier alpha value is -1.61. The molecule has 0 aliphatic rings. The molecular weight excluding hydrogens is 210 g/mol. The molecule has 0 aliphatic carbocycles. The monoisotopic (exact) mass is 229 g/mol. The van der Waals surface area contributed by atoms with Crippen molar-refractivity contribution in [3.8, 4) is 0 Å². The summed E-state index contributed by atoms with van der Waals surface area (Å²) in [6.45, 7) is 5.06. The van der Waals surface area contributed by atoms with Gasteiger partial charge in [0.05, 0.1) is 0 Å². The fourth-order valence-electron chi connectivity index (χ4n) is 1.74. The van der Waals surface area contributed by atoms with Gasteiger partial charge in [-0.1, -0.05) is 29.8 Å². The minimum absolute atomic E-state index is 0.944. The molecule has 1 heterocycles. The predicted octanol–water partition coefficient (Wildman–Crippen LogP) is 2.37. The van der Waals surface area contributed by atoms with Crippen LogP contribution >= 0.6 is 0 Å². The molecule has 1 aromatic heterocycles. The van der Waals surface area contributed by atoms with Crippen LogP contribution in [-0.2, 0) is 13.1 Å². The molecule has 3 heteroatoms. The molecule has 3 nitrogen and oxygen atoms in total. The van der Waals surface area contributed by atoms with Gasteiger partial charge in [-0.05, 0) is 31.5 Å². The van der Waals surface area contributed by atoms with Gasteiger partial charge < -0.3 is 5.32 Å². The van der Waals surface area contributed by atoms with E-state index in [9.17, 15) is 0 Å². The van der Waals surface area contributed by atoms with Crippen LogP contribution in [0.5, 0.6) is 0 Å². The SMILES string of the molecule is Cc1ccc(CNCCCn2cccn2)cc1. The van der Waals surface area contributed by atoms with Crippen molar-refractivity contribution in [2.75, 3.05) is 6.54 Å². The molecule has 2 rings (SSSR count). The summed E-state index contributed by atoms with van der Waals surface area (Å²) in [5, 5.41) is 7.61. The number of nitrogens with zero attached hydrogens (tertiary/aromatic N) is 2. The summed E-state index contributed by atoms with van der Waals surface area (Å²) in [7, 11) is 0. The highest BCUT2D eigenvalue weighted by atomic mass is 15.3. The van der Waals surface area contributed by atoms with E-state index in [1.165, 1.54) is 11.1 Å². The summed E-state index contributed by atoms with van der Waals surface area (Å²) in [6.07, 6.45) is 4.92. The zero-order valence-corrected chi connectivity index (χ0v) is 10.3. The van der Waals surface area contributed by atoms with Crippen LogP contribution in [0.1, 0.15) is 17.5 Å². The maximum absolute atomic E-state index is 4.17. The van der Waals surface area contributed by atoms with Crippen LogP contribution < -0.4 is 5.32 Å². The van der Waals surface area contributed by atoms with Crippen molar-refractivity contribution in [2.45, 2.75) is 26.4 Å². The Balaban J connectivity index is 1.61. The largest absolute Gasteiger partial charge is 0.313 e. The van der Waals surface area contributed by atoms with E-state index in [0.717, 1.165) is 26.1 Å². The van der Waals surface area contributed by atoms with E-state index in [-0.39, 0.29) is 0 Å². The lowest BCUT2D eigenvalue weighted by atomic mass is 10.1. The average molecular weight is 229 g/mol. The molecule has 1 aromatic carbocycles. The van der Waals surface area contributed by atoms with Crippen LogP contribution in [0.3, 0.4) is 0 Å². The van der Waals surface area contributed by atoms with Crippen LogP contribution in [0.2, 0.25) is 0 Å². The molecule has 17 heavy (non-hydrogen) atoms. The van der Waals surface area contributed by atoms with Gasteiger partial charge in [0, 0.05) is 25.5 Å². The Morgan fingerprint density at radius 3 is 2.76 bits per heavy atom. The molecular formula is C14H19N3. The van der Waals surface area contributed by atoms with Gasteiger partial charge in [0.1, 0.15) is 0 Å². The lowest BCUT2D eigenvalue weighted by Crippen LogP contribution is -2.16. The minimum Gasteiger partial charge on any atom is -0.313 e. The Kier molecular flexibility index (Phi) is 4.33. The van der Waals surface area contributed by atoms with E-state index in [1.807, 2.05) is 23.1 Å². The topological polar surface area (TPSA) is 29.9 Å². The van der Waals surface area contributed by atoms with Crippen molar-refractivity contribution in [3.05, 3.63) is 53.9 Å². The first-order valence-electron chi connectivity index (χ1n) is 6.08. The van der Waals surface area contributed by atoms with Crippen molar-refractivity contribution in [1.29, 1.82) is 0 Å². The van der Waals surface area contributed by atoms with Crippen LogP contribution in [0, 0.1) is 6.92 Å². The van der Waals surface area contributed by atoms with Gasteiger partial charge in [-0.25, -0.2) is 0 Å². The molecule has 0 amide bonds. The third-order valence-electron chi connectivity index (χ3n) is 2.75. The summed E-state index contributed by atoms with van der Waals surface area (Å²) in [5.74, 6) is 0. The van der Waals surface area contributed by atoms with Gasteiger partial charge in [0.25, 0.3) is 0 Å². The first-order chi connectivity index (χ1) is 8.34. The first-order valence-corrected chi connectivity index (χ1v) is 6.08. The molecule has 2 aromatic rings.